The van der Waals surface area contributed by atoms with Crippen molar-refractivity contribution in [3.8, 4) is 5.75 Å². The normalized spacial score (nSPS) is 18.6. The van der Waals surface area contributed by atoms with Gasteiger partial charge in [0.25, 0.3) is 0 Å². The van der Waals surface area contributed by atoms with E-state index in [1.54, 1.807) is 18.5 Å². The van der Waals surface area contributed by atoms with E-state index in [0.717, 1.165) is 6.07 Å². The SMILES string of the molecule is CC1OC(=Nc2nccs2)c2c1nc1c(C(F)(F)F)cccc1c2O. The van der Waals surface area contributed by atoms with Gasteiger partial charge in [-0.1, -0.05) is 6.07 Å². The lowest BCUT2D eigenvalue weighted by Gasteiger charge is -2.12. The maximum atomic E-state index is 13.2. The summed E-state index contributed by atoms with van der Waals surface area (Å²) in [5.74, 6) is -0.229. The molecule has 0 fully saturated rings. The van der Waals surface area contributed by atoms with Crippen molar-refractivity contribution in [3.05, 3.63) is 46.6 Å². The summed E-state index contributed by atoms with van der Waals surface area (Å²) in [7, 11) is 0. The first-order valence-electron chi connectivity index (χ1n) is 7.24. The van der Waals surface area contributed by atoms with Gasteiger partial charge < -0.3 is 9.84 Å². The van der Waals surface area contributed by atoms with Crippen molar-refractivity contribution in [2.75, 3.05) is 0 Å². The number of hydrogen-bond acceptors (Lipinski definition) is 6. The molecule has 4 rings (SSSR count). The molecule has 1 aromatic carbocycles. The fraction of sp³-hybridized carbons (Fsp3) is 0.188. The van der Waals surface area contributed by atoms with Crippen LogP contribution in [0.2, 0.25) is 0 Å². The summed E-state index contributed by atoms with van der Waals surface area (Å²) in [6.07, 6.45) is -3.64. The molecular weight excluding hydrogens is 355 g/mol. The number of fused-ring (bicyclic) bond motifs is 2. The number of aromatic nitrogens is 2. The van der Waals surface area contributed by atoms with Gasteiger partial charge in [0.1, 0.15) is 17.4 Å². The topological polar surface area (TPSA) is 67.6 Å². The largest absolute Gasteiger partial charge is 0.506 e. The third kappa shape index (κ3) is 2.51. The number of hydrogen-bond donors (Lipinski definition) is 1. The average molecular weight is 365 g/mol. The Kier molecular flexibility index (Phi) is 3.43. The van der Waals surface area contributed by atoms with Crippen LogP contribution >= 0.6 is 11.3 Å². The Labute approximate surface area is 143 Å². The summed E-state index contributed by atoms with van der Waals surface area (Å²) in [6, 6.07) is 3.55. The van der Waals surface area contributed by atoms with Crippen LogP contribution < -0.4 is 0 Å². The van der Waals surface area contributed by atoms with Gasteiger partial charge in [0, 0.05) is 17.0 Å². The van der Waals surface area contributed by atoms with Crippen molar-refractivity contribution >= 4 is 33.3 Å². The molecule has 9 heteroatoms. The maximum Gasteiger partial charge on any atom is 0.418 e. The highest BCUT2D eigenvalue weighted by molar-refractivity contribution is 7.13. The molecule has 1 N–H and O–H groups in total. The molecule has 1 aliphatic rings. The third-order valence-corrected chi connectivity index (χ3v) is 4.49. The molecule has 1 aliphatic heterocycles. The Morgan fingerprint density at radius 2 is 2.12 bits per heavy atom. The molecule has 5 nitrogen and oxygen atoms in total. The molecule has 0 saturated heterocycles. The van der Waals surface area contributed by atoms with Crippen molar-refractivity contribution in [2.45, 2.75) is 19.2 Å². The maximum absolute atomic E-state index is 13.2. The zero-order chi connectivity index (χ0) is 17.8. The van der Waals surface area contributed by atoms with Gasteiger partial charge in [-0.15, -0.1) is 11.3 Å². The zero-order valence-electron chi connectivity index (χ0n) is 12.7. The van der Waals surface area contributed by atoms with E-state index in [1.165, 1.54) is 23.5 Å². The quantitative estimate of drug-likeness (QED) is 0.685. The highest BCUT2D eigenvalue weighted by atomic mass is 32.1. The number of ether oxygens (including phenoxy) is 1. The first kappa shape index (κ1) is 15.8. The highest BCUT2D eigenvalue weighted by Crippen LogP contribution is 2.43. The van der Waals surface area contributed by atoms with Crippen LogP contribution in [0.3, 0.4) is 0 Å². The third-order valence-electron chi connectivity index (χ3n) is 3.83. The van der Waals surface area contributed by atoms with E-state index in [0.29, 0.717) is 5.13 Å². The smallest absolute Gasteiger partial charge is 0.418 e. The van der Waals surface area contributed by atoms with Gasteiger partial charge in [-0.25, -0.2) is 9.97 Å². The van der Waals surface area contributed by atoms with Gasteiger partial charge in [-0.3, -0.25) is 0 Å². The number of benzene rings is 1. The Bertz CT molecular complexity index is 1000. The van der Waals surface area contributed by atoms with E-state index in [1.807, 2.05) is 0 Å². The molecule has 25 heavy (non-hydrogen) atoms. The van der Waals surface area contributed by atoms with Gasteiger partial charge >= 0.3 is 6.18 Å². The van der Waals surface area contributed by atoms with E-state index < -0.39 is 17.8 Å². The number of halogens is 3. The van der Waals surface area contributed by atoms with Crippen molar-refractivity contribution < 1.29 is 23.0 Å². The molecule has 0 spiro atoms. The van der Waals surface area contributed by atoms with Gasteiger partial charge in [-0.05, 0) is 19.1 Å². The summed E-state index contributed by atoms with van der Waals surface area (Å²) in [4.78, 5) is 12.4. The number of rotatable bonds is 1. The summed E-state index contributed by atoms with van der Waals surface area (Å²) in [5.41, 5.74) is -0.788. The monoisotopic (exact) mass is 365 g/mol. The number of nitrogens with zero attached hydrogens (tertiary/aromatic N) is 3. The van der Waals surface area contributed by atoms with Crippen LogP contribution in [0.1, 0.15) is 29.8 Å². The Morgan fingerprint density at radius 3 is 2.80 bits per heavy atom. The Hall–Kier alpha value is -2.68. The molecule has 1 atom stereocenters. The lowest BCUT2D eigenvalue weighted by molar-refractivity contribution is -0.136. The standard InChI is InChI=1S/C16H10F3N3O2S/c1-7-11-10(14(24-7)22-15-20-5-6-25-15)13(23)8-3-2-4-9(12(8)21-11)16(17,18)19/h2-7H,1H3,(H,21,23). The van der Waals surface area contributed by atoms with Crippen molar-refractivity contribution in [2.24, 2.45) is 4.99 Å². The summed E-state index contributed by atoms with van der Waals surface area (Å²) < 4.78 is 45.3. The van der Waals surface area contributed by atoms with Crippen molar-refractivity contribution in [3.63, 3.8) is 0 Å². The molecule has 3 heterocycles. The zero-order valence-corrected chi connectivity index (χ0v) is 13.5. The van der Waals surface area contributed by atoms with Crippen molar-refractivity contribution in [1.82, 2.24) is 9.97 Å². The minimum absolute atomic E-state index is 0.00175. The Morgan fingerprint density at radius 1 is 1.32 bits per heavy atom. The number of para-hydroxylation sites is 1. The lowest BCUT2D eigenvalue weighted by atomic mass is 10.0. The first-order chi connectivity index (χ1) is 11.9. The fourth-order valence-electron chi connectivity index (χ4n) is 2.74. The number of aliphatic imine (C=N–C) groups is 1. The molecule has 3 aromatic rings. The molecule has 0 amide bonds. The molecule has 1 unspecified atom stereocenters. The van der Waals surface area contributed by atoms with Gasteiger partial charge in [0.15, 0.2) is 0 Å². The second kappa shape index (κ2) is 5.41. The van der Waals surface area contributed by atoms with Crippen LogP contribution in [0.4, 0.5) is 18.3 Å². The van der Waals surface area contributed by atoms with Gasteiger partial charge in [-0.2, -0.15) is 18.2 Å². The van der Waals surface area contributed by atoms with Gasteiger partial charge in [0.2, 0.25) is 11.0 Å². The molecule has 2 aromatic heterocycles. The van der Waals surface area contributed by atoms with E-state index >= 15 is 0 Å². The van der Waals surface area contributed by atoms with Crippen LogP contribution in [-0.4, -0.2) is 21.0 Å². The first-order valence-corrected chi connectivity index (χ1v) is 8.12. The predicted molar refractivity (Wildman–Crippen MR) is 86.2 cm³/mol. The van der Waals surface area contributed by atoms with Crippen LogP contribution in [0, 0.1) is 0 Å². The molecule has 128 valence electrons. The van der Waals surface area contributed by atoms with E-state index in [-0.39, 0.29) is 33.8 Å². The fourth-order valence-corrected chi connectivity index (χ4v) is 3.24. The molecule has 0 bridgehead atoms. The average Bonchev–Trinajstić information content (AvgIpc) is 3.15. The Balaban J connectivity index is 2.00. The summed E-state index contributed by atoms with van der Waals surface area (Å²) >= 11 is 1.27. The van der Waals surface area contributed by atoms with E-state index in [9.17, 15) is 18.3 Å². The number of aromatic hydroxyl groups is 1. The minimum atomic E-state index is -4.58. The predicted octanol–water partition coefficient (Wildman–Crippen LogP) is 4.59. The molecule has 0 aliphatic carbocycles. The minimum Gasteiger partial charge on any atom is -0.506 e. The number of pyridine rings is 1. The molecule has 0 radical (unpaired) electrons. The number of thiazole rings is 1. The molecular formula is C16H10F3N3O2S. The van der Waals surface area contributed by atoms with Crippen LogP contribution in [0.15, 0.2) is 34.8 Å². The van der Waals surface area contributed by atoms with Crippen LogP contribution in [0.25, 0.3) is 10.9 Å². The van der Waals surface area contributed by atoms with Crippen LogP contribution in [-0.2, 0) is 10.9 Å². The van der Waals surface area contributed by atoms with Crippen LogP contribution in [0.5, 0.6) is 5.75 Å². The van der Waals surface area contributed by atoms with Gasteiger partial charge in [0.05, 0.1) is 16.8 Å². The summed E-state index contributed by atoms with van der Waals surface area (Å²) in [5, 5.41) is 12.7. The highest BCUT2D eigenvalue weighted by Gasteiger charge is 2.37. The van der Waals surface area contributed by atoms with Crippen molar-refractivity contribution in [1.29, 1.82) is 0 Å². The van der Waals surface area contributed by atoms with E-state index in [4.69, 9.17) is 4.74 Å². The number of alkyl halides is 3. The molecule has 0 saturated carbocycles. The summed E-state index contributed by atoms with van der Waals surface area (Å²) in [6.45, 7) is 1.64. The van der Waals surface area contributed by atoms with E-state index in [2.05, 4.69) is 15.0 Å². The second-order valence-electron chi connectivity index (χ2n) is 5.41. The lowest BCUT2D eigenvalue weighted by Crippen LogP contribution is -2.08. The second-order valence-corrected chi connectivity index (χ2v) is 6.28.